The van der Waals surface area contributed by atoms with Gasteiger partial charge in [-0.05, 0) is 37.7 Å². The lowest BCUT2D eigenvalue weighted by atomic mass is 9.87. The van der Waals surface area contributed by atoms with Gasteiger partial charge in [0, 0.05) is 12.2 Å². The van der Waals surface area contributed by atoms with Gasteiger partial charge in [0.05, 0.1) is 11.3 Å². The summed E-state index contributed by atoms with van der Waals surface area (Å²) in [6.45, 7) is 2.30. The number of hydrogen-bond donors (Lipinski definition) is 2. The van der Waals surface area contributed by atoms with Crippen LogP contribution in [0.2, 0.25) is 0 Å². The summed E-state index contributed by atoms with van der Waals surface area (Å²) >= 11 is 0. The number of hydrogen-bond acceptors (Lipinski definition) is 4. The zero-order valence-corrected chi connectivity index (χ0v) is 10.1. The van der Waals surface area contributed by atoms with Crippen LogP contribution in [0.1, 0.15) is 38.2 Å². The molecule has 0 aliphatic heterocycles. The summed E-state index contributed by atoms with van der Waals surface area (Å²) in [7, 11) is 0. The van der Waals surface area contributed by atoms with Crippen molar-refractivity contribution in [3.63, 3.8) is 0 Å². The molecule has 1 fully saturated rings. The number of aromatic nitrogens is 1. The summed E-state index contributed by atoms with van der Waals surface area (Å²) in [5, 5.41) is 12.1. The van der Waals surface area contributed by atoms with Crippen LogP contribution in [-0.2, 0) is 0 Å². The van der Waals surface area contributed by atoms with E-state index in [-0.39, 0.29) is 0 Å². The molecule has 0 aromatic carbocycles. The molecule has 0 unspecified atom stereocenters. The fraction of sp³-hybridized carbons (Fsp3) is 0.538. The van der Waals surface area contributed by atoms with Crippen molar-refractivity contribution >= 4 is 11.5 Å². The number of nitrogens with two attached hydrogens (primary N) is 1. The molecule has 1 aromatic heterocycles. The third-order valence-corrected chi connectivity index (χ3v) is 3.40. The van der Waals surface area contributed by atoms with E-state index >= 15 is 0 Å². The van der Waals surface area contributed by atoms with Crippen LogP contribution in [0, 0.1) is 17.2 Å². The molecule has 0 atom stereocenters. The molecule has 1 aliphatic carbocycles. The van der Waals surface area contributed by atoms with Gasteiger partial charge < -0.3 is 11.1 Å². The maximum absolute atomic E-state index is 8.74. The topological polar surface area (TPSA) is 74.7 Å². The molecule has 90 valence electrons. The first kappa shape index (κ1) is 11.7. The number of anilines is 2. The van der Waals surface area contributed by atoms with E-state index in [1.54, 1.807) is 12.3 Å². The van der Waals surface area contributed by atoms with Crippen molar-refractivity contribution in [1.82, 2.24) is 4.98 Å². The summed E-state index contributed by atoms with van der Waals surface area (Å²) in [6, 6.07) is 4.17. The van der Waals surface area contributed by atoms with Crippen LogP contribution < -0.4 is 11.1 Å². The summed E-state index contributed by atoms with van der Waals surface area (Å²) in [5.74, 6) is 1.54. The Balaban J connectivity index is 2.02. The number of pyridine rings is 1. The van der Waals surface area contributed by atoms with Crippen LogP contribution in [-0.4, -0.2) is 11.0 Å². The van der Waals surface area contributed by atoms with Crippen LogP contribution in [0.15, 0.2) is 12.3 Å². The van der Waals surface area contributed by atoms with Crippen molar-refractivity contribution in [3.8, 4) is 6.07 Å². The van der Waals surface area contributed by atoms with Crippen molar-refractivity contribution in [2.45, 2.75) is 38.6 Å². The molecule has 1 heterocycles. The van der Waals surface area contributed by atoms with Crippen LogP contribution in [0.3, 0.4) is 0 Å². The van der Waals surface area contributed by atoms with Crippen molar-refractivity contribution in [1.29, 1.82) is 5.26 Å². The minimum Gasteiger partial charge on any atom is -0.396 e. The SMILES string of the molecule is CC1CCC(Nc2ncc(C#N)cc2N)CC1. The van der Waals surface area contributed by atoms with Gasteiger partial charge in [0.15, 0.2) is 0 Å². The fourth-order valence-electron chi connectivity index (χ4n) is 2.26. The van der Waals surface area contributed by atoms with Gasteiger partial charge >= 0.3 is 0 Å². The van der Waals surface area contributed by atoms with Crippen molar-refractivity contribution in [3.05, 3.63) is 17.8 Å². The van der Waals surface area contributed by atoms with Gasteiger partial charge in [-0.25, -0.2) is 4.98 Å². The minimum absolute atomic E-state index is 0.467. The lowest BCUT2D eigenvalue weighted by Crippen LogP contribution is -2.26. The summed E-state index contributed by atoms with van der Waals surface area (Å²) < 4.78 is 0. The highest BCUT2D eigenvalue weighted by molar-refractivity contribution is 5.63. The van der Waals surface area contributed by atoms with Gasteiger partial charge in [-0.1, -0.05) is 6.92 Å². The summed E-state index contributed by atoms with van der Waals surface area (Å²) in [5.41, 5.74) is 6.93. The van der Waals surface area contributed by atoms with Crippen LogP contribution in [0.25, 0.3) is 0 Å². The second-order valence-corrected chi connectivity index (χ2v) is 4.87. The molecule has 4 heteroatoms. The Morgan fingerprint density at radius 3 is 2.71 bits per heavy atom. The molecule has 17 heavy (non-hydrogen) atoms. The quantitative estimate of drug-likeness (QED) is 0.818. The molecule has 1 aliphatic rings. The van der Waals surface area contributed by atoms with E-state index in [0.29, 0.717) is 23.1 Å². The smallest absolute Gasteiger partial charge is 0.149 e. The molecule has 3 N–H and O–H groups in total. The molecule has 0 radical (unpaired) electrons. The average Bonchev–Trinajstić information content (AvgIpc) is 2.34. The van der Waals surface area contributed by atoms with E-state index in [9.17, 15) is 0 Å². The number of nitrogen functional groups attached to an aromatic ring is 1. The molecule has 2 rings (SSSR count). The second kappa shape index (κ2) is 5.05. The van der Waals surface area contributed by atoms with E-state index in [0.717, 1.165) is 5.92 Å². The van der Waals surface area contributed by atoms with Gasteiger partial charge in [0.2, 0.25) is 0 Å². The molecule has 1 aromatic rings. The summed E-state index contributed by atoms with van der Waals surface area (Å²) in [6.07, 6.45) is 6.41. The number of nitrogens with one attached hydrogen (secondary N) is 1. The zero-order chi connectivity index (χ0) is 12.3. The van der Waals surface area contributed by atoms with Crippen LogP contribution in [0.4, 0.5) is 11.5 Å². The monoisotopic (exact) mass is 230 g/mol. The van der Waals surface area contributed by atoms with Gasteiger partial charge in [0.1, 0.15) is 11.9 Å². The molecule has 0 amide bonds. The van der Waals surface area contributed by atoms with E-state index in [1.165, 1.54) is 25.7 Å². The predicted molar refractivity (Wildman–Crippen MR) is 68.4 cm³/mol. The van der Waals surface area contributed by atoms with Gasteiger partial charge in [-0.2, -0.15) is 5.26 Å². The normalized spacial score (nSPS) is 24.0. The van der Waals surface area contributed by atoms with E-state index < -0.39 is 0 Å². The highest BCUT2D eigenvalue weighted by atomic mass is 15.0. The lowest BCUT2D eigenvalue weighted by molar-refractivity contribution is 0.361. The Morgan fingerprint density at radius 2 is 2.12 bits per heavy atom. The molecule has 0 bridgehead atoms. The molecule has 1 saturated carbocycles. The average molecular weight is 230 g/mol. The van der Waals surface area contributed by atoms with Crippen LogP contribution in [0.5, 0.6) is 0 Å². The standard InChI is InChI=1S/C13H18N4/c1-9-2-4-11(5-3-9)17-13-12(15)6-10(7-14)8-16-13/h6,8-9,11H,2-5,15H2,1H3,(H,16,17). The van der Waals surface area contributed by atoms with Gasteiger partial charge in [-0.15, -0.1) is 0 Å². The first-order valence-corrected chi connectivity index (χ1v) is 6.11. The van der Waals surface area contributed by atoms with Gasteiger partial charge in [-0.3, -0.25) is 0 Å². The Kier molecular flexibility index (Phi) is 3.48. The molecule has 4 nitrogen and oxygen atoms in total. The van der Waals surface area contributed by atoms with E-state index in [4.69, 9.17) is 11.0 Å². The second-order valence-electron chi connectivity index (χ2n) is 4.87. The maximum atomic E-state index is 8.74. The van der Waals surface area contributed by atoms with Crippen molar-refractivity contribution in [2.24, 2.45) is 5.92 Å². The Bertz CT molecular complexity index is 428. The maximum Gasteiger partial charge on any atom is 0.149 e. The molecular formula is C13H18N4. The fourth-order valence-corrected chi connectivity index (χ4v) is 2.26. The minimum atomic E-state index is 0.467. The Morgan fingerprint density at radius 1 is 1.41 bits per heavy atom. The Hall–Kier alpha value is -1.76. The largest absolute Gasteiger partial charge is 0.396 e. The van der Waals surface area contributed by atoms with Crippen LogP contribution >= 0.6 is 0 Å². The first-order valence-electron chi connectivity index (χ1n) is 6.11. The molecule has 0 spiro atoms. The number of nitriles is 1. The molecule has 0 saturated heterocycles. The third-order valence-electron chi connectivity index (χ3n) is 3.40. The first-order chi connectivity index (χ1) is 8.19. The van der Waals surface area contributed by atoms with Crippen molar-refractivity contribution in [2.75, 3.05) is 11.1 Å². The van der Waals surface area contributed by atoms with E-state index in [1.807, 2.05) is 6.07 Å². The third kappa shape index (κ3) is 2.88. The lowest BCUT2D eigenvalue weighted by Gasteiger charge is -2.27. The van der Waals surface area contributed by atoms with Gasteiger partial charge in [0.25, 0.3) is 0 Å². The highest BCUT2D eigenvalue weighted by Gasteiger charge is 2.18. The number of rotatable bonds is 2. The van der Waals surface area contributed by atoms with Crippen molar-refractivity contribution < 1.29 is 0 Å². The predicted octanol–water partition coefficient (Wildman–Crippen LogP) is 2.53. The van der Waals surface area contributed by atoms with E-state index in [2.05, 4.69) is 17.2 Å². The number of nitrogens with zero attached hydrogens (tertiary/aromatic N) is 2. The molecular weight excluding hydrogens is 212 g/mol. The Labute approximate surface area is 102 Å². The summed E-state index contributed by atoms with van der Waals surface area (Å²) in [4.78, 5) is 4.20. The zero-order valence-electron chi connectivity index (χ0n) is 10.1. The highest BCUT2D eigenvalue weighted by Crippen LogP contribution is 2.27.